The summed E-state index contributed by atoms with van der Waals surface area (Å²) >= 11 is 13.4. The van der Waals surface area contributed by atoms with Gasteiger partial charge in [-0.1, -0.05) is 35.0 Å². The van der Waals surface area contributed by atoms with Crippen molar-refractivity contribution < 1.29 is 9.53 Å². The van der Waals surface area contributed by atoms with Crippen LogP contribution in [0.5, 0.6) is 0 Å². The fourth-order valence-corrected chi connectivity index (χ4v) is 4.16. The molecule has 2 heterocycles. The Labute approximate surface area is 166 Å². The maximum absolute atomic E-state index is 12.4. The van der Waals surface area contributed by atoms with Gasteiger partial charge in [-0.3, -0.25) is 9.69 Å². The first kappa shape index (κ1) is 19.6. The van der Waals surface area contributed by atoms with Crippen LogP contribution in [-0.2, 0) is 17.8 Å². The summed E-state index contributed by atoms with van der Waals surface area (Å²) in [5.74, 6) is 1.10. The molecule has 0 aliphatic carbocycles. The van der Waals surface area contributed by atoms with E-state index in [9.17, 15) is 4.79 Å². The maximum Gasteiger partial charge on any atom is 0.191 e. The summed E-state index contributed by atoms with van der Waals surface area (Å²) in [5, 5.41) is 10.2. The minimum atomic E-state index is -0.0583. The molecule has 0 spiro atoms. The number of thioether (sulfide) groups is 1. The Morgan fingerprint density at radius 1 is 1.27 bits per heavy atom. The molecule has 0 bridgehead atoms. The Morgan fingerprint density at radius 2 is 2.04 bits per heavy atom. The molecular formula is C17H20Cl2N4O2S. The van der Waals surface area contributed by atoms with E-state index in [0.29, 0.717) is 15.6 Å². The molecule has 1 aromatic heterocycles. The summed E-state index contributed by atoms with van der Waals surface area (Å²) < 4.78 is 7.43. The second-order valence-corrected chi connectivity index (χ2v) is 7.65. The third kappa shape index (κ3) is 4.78. The molecule has 1 aliphatic heterocycles. The number of carbonyl (C=O) groups excluding carboxylic acids is 1. The van der Waals surface area contributed by atoms with Crippen LogP contribution >= 0.6 is 35.0 Å². The van der Waals surface area contributed by atoms with Crippen molar-refractivity contribution in [2.24, 2.45) is 0 Å². The first-order valence-corrected chi connectivity index (χ1v) is 10.2. The monoisotopic (exact) mass is 414 g/mol. The highest BCUT2D eigenvalue weighted by molar-refractivity contribution is 7.99. The van der Waals surface area contributed by atoms with Crippen LogP contribution in [0.1, 0.15) is 23.1 Å². The predicted molar refractivity (Wildman–Crippen MR) is 103 cm³/mol. The van der Waals surface area contributed by atoms with Gasteiger partial charge in [0.1, 0.15) is 5.82 Å². The highest BCUT2D eigenvalue weighted by Gasteiger charge is 2.18. The smallest absolute Gasteiger partial charge is 0.191 e. The summed E-state index contributed by atoms with van der Waals surface area (Å²) in [5.41, 5.74) is 0.472. The lowest BCUT2D eigenvalue weighted by Gasteiger charge is -2.26. The van der Waals surface area contributed by atoms with Gasteiger partial charge < -0.3 is 9.30 Å². The SMILES string of the molecule is CCn1c(CN2CCOCC2)nnc1SCC(=O)c1ccc(Cl)cc1Cl. The van der Waals surface area contributed by atoms with Gasteiger partial charge in [-0.2, -0.15) is 0 Å². The number of carbonyl (C=O) groups is 1. The zero-order valence-corrected chi connectivity index (χ0v) is 16.8. The summed E-state index contributed by atoms with van der Waals surface area (Å²) in [6.45, 7) is 6.83. The van der Waals surface area contributed by atoms with Crippen molar-refractivity contribution in [2.75, 3.05) is 32.1 Å². The number of ether oxygens (including phenoxy) is 1. The molecule has 0 atom stereocenters. The molecule has 140 valence electrons. The molecule has 1 aliphatic rings. The highest BCUT2D eigenvalue weighted by atomic mass is 35.5. The van der Waals surface area contributed by atoms with Crippen LogP contribution in [0.4, 0.5) is 0 Å². The van der Waals surface area contributed by atoms with E-state index in [1.807, 2.05) is 6.92 Å². The van der Waals surface area contributed by atoms with Crippen LogP contribution in [0.15, 0.2) is 23.4 Å². The standard InChI is InChI=1S/C17H20Cl2N4O2S/c1-2-23-16(10-22-5-7-25-8-6-22)20-21-17(23)26-11-15(24)13-4-3-12(18)9-14(13)19/h3-4,9H,2,5-8,10-11H2,1H3. The molecule has 26 heavy (non-hydrogen) atoms. The van der Waals surface area contributed by atoms with Crippen LogP contribution in [0, 0.1) is 0 Å². The molecule has 6 nitrogen and oxygen atoms in total. The third-order valence-corrected chi connectivity index (χ3v) is 5.66. The van der Waals surface area contributed by atoms with Crippen molar-refractivity contribution in [3.05, 3.63) is 39.6 Å². The largest absolute Gasteiger partial charge is 0.379 e. The van der Waals surface area contributed by atoms with Gasteiger partial charge in [0.15, 0.2) is 10.9 Å². The van der Waals surface area contributed by atoms with E-state index in [-0.39, 0.29) is 11.5 Å². The Kier molecular flexibility index (Phi) is 6.94. The summed E-state index contributed by atoms with van der Waals surface area (Å²) in [7, 11) is 0. The van der Waals surface area contributed by atoms with E-state index in [4.69, 9.17) is 27.9 Å². The number of morpholine rings is 1. The zero-order valence-electron chi connectivity index (χ0n) is 14.5. The molecule has 0 unspecified atom stereocenters. The molecule has 9 heteroatoms. The number of ketones is 1. The van der Waals surface area contributed by atoms with Gasteiger partial charge in [-0.05, 0) is 25.1 Å². The van der Waals surface area contributed by atoms with Gasteiger partial charge in [0.05, 0.1) is 30.5 Å². The minimum absolute atomic E-state index is 0.0583. The average Bonchev–Trinajstić information content (AvgIpc) is 3.02. The normalized spacial score (nSPS) is 15.3. The van der Waals surface area contributed by atoms with Gasteiger partial charge >= 0.3 is 0 Å². The van der Waals surface area contributed by atoms with E-state index >= 15 is 0 Å². The minimum Gasteiger partial charge on any atom is -0.379 e. The number of benzene rings is 1. The fourth-order valence-electron chi connectivity index (χ4n) is 2.74. The van der Waals surface area contributed by atoms with Gasteiger partial charge in [-0.25, -0.2) is 0 Å². The van der Waals surface area contributed by atoms with Gasteiger partial charge in [0.2, 0.25) is 0 Å². The third-order valence-electron chi connectivity index (χ3n) is 4.14. The van der Waals surface area contributed by atoms with Crippen LogP contribution in [0.2, 0.25) is 10.0 Å². The molecule has 0 N–H and O–H groups in total. The van der Waals surface area contributed by atoms with Crippen LogP contribution in [-0.4, -0.2) is 57.5 Å². The van der Waals surface area contributed by atoms with Crippen molar-refractivity contribution >= 4 is 40.7 Å². The molecule has 0 saturated carbocycles. The second kappa shape index (κ2) is 9.19. The maximum atomic E-state index is 12.4. The Balaban J connectivity index is 1.65. The topological polar surface area (TPSA) is 60.2 Å². The highest BCUT2D eigenvalue weighted by Crippen LogP contribution is 2.24. The first-order valence-electron chi connectivity index (χ1n) is 8.41. The van der Waals surface area contributed by atoms with E-state index < -0.39 is 0 Å². The molecule has 3 rings (SSSR count). The molecule has 1 fully saturated rings. The number of hydrogen-bond acceptors (Lipinski definition) is 6. The van der Waals surface area contributed by atoms with Crippen LogP contribution in [0.25, 0.3) is 0 Å². The molecule has 2 aromatic rings. The number of rotatable bonds is 7. The lowest BCUT2D eigenvalue weighted by atomic mass is 10.1. The van der Waals surface area contributed by atoms with Gasteiger partial charge in [-0.15, -0.1) is 10.2 Å². The molecule has 0 amide bonds. The first-order chi connectivity index (χ1) is 12.6. The summed E-state index contributed by atoms with van der Waals surface area (Å²) in [4.78, 5) is 14.7. The lowest BCUT2D eigenvalue weighted by Crippen LogP contribution is -2.36. The number of hydrogen-bond donors (Lipinski definition) is 0. The van der Waals surface area contributed by atoms with Gasteiger partial charge in [0, 0.05) is 30.2 Å². The fraction of sp³-hybridized carbons (Fsp3) is 0.471. The van der Waals surface area contributed by atoms with E-state index in [0.717, 1.165) is 50.4 Å². The van der Waals surface area contributed by atoms with Crippen molar-refractivity contribution in [3.63, 3.8) is 0 Å². The average molecular weight is 415 g/mol. The predicted octanol–water partition coefficient (Wildman–Crippen LogP) is 3.41. The lowest BCUT2D eigenvalue weighted by molar-refractivity contribution is 0.0325. The van der Waals surface area contributed by atoms with Crippen molar-refractivity contribution in [1.29, 1.82) is 0 Å². The van der Waals surface area contributed by atoms with Crippen molar-refractivity contribution in [1.82, 2.24) is 19.7 Å². The molecule has 1 aromatic carbocycles. The van der Waals surface area contributed by atoms with E-state index in [1.54, 1.807) is 18.2 Å². The molecule has 0 radical (unpaired) electrons. The Bertz CT molecular complexity index is 778. The van der Waals surface area contributed by atoms with Crippen molar-refractivity contribution in [3.8, 4) is 0 Å². The molecular weight excluding hydrogens is 395 g/mol. The number of Topliss-reactive ketones (excluding diaryl/α,β-unsaturated/α-hetero) is 1. The van der Waals surface area contributed by atoms with Gasteiger partial charge in [0.25, 0.3) is 0 Å². The van der Waals surface area contributed by atoms with Crippen molar-refractivity contribution in [2.45, 2.75) is 25.2 Å². The van der Waals surface area contributed by atoms with E-state index in [1.165, 1.54) is 11.8 Å². The Morgan fingerprint density at radius 3 is 2.73 bits per heavy atom. The van der Waals surface area contributed by atoms with E-state index in [2.05, 4.69) is 19.7 Å². The summed E-state index contributed by atoms with van der Waals surface area (Å²) in [6.07, 6.45) is 0. The Hall–Kier alpha value is -1.12. The second-order valence-electron chi connectivity index (χ2n) is 5.87. The van der Waals surface area contributed by atoms with Crippen LogP contribution in [0.3, 0.4) is 0 Å². The molecule has 1 saturated heterocycles. The summed E-state index contributed by atoms with van der Waals surface area (Å²) in [6, 6.07) is 4.90. The number of nitrogens with zero attached hydrogens (tertiary/aromatic N) is 4. The quantitative estimate of drug-likeness (QED) is 0.510. The zero-order chi connectivity index (χ0) is 18.5. The number of halogens is 2. The number of aromatic nitrogens is 3. The van der Waals surface area contributed by atoms with Crippen LogP contribution < -0.4 is 0 Å².